The number of rotatable bonds is 3. The fourth-order valence-electron chi connectivity index (χ4n) is 5.04. The van der Waals surface area contributed by atoms with Crippen LogP contribution in [-0.4, -0.2) is 43.0 Å². The van der Waals surface area contributed by atoms with Crippen molar-refractivity contribution in [2.24, 2.45) is 11.8 Å². The Morgan fingerprint density at radius 3 is 2.50 bits per heavy atom. The third-order valence-electron chi connectivity index (χ3n) is 6.22. The zero-order valence-electron chi connectivity index (χ0n) is 13.3. The molecule has 22 heavy (non-hydrogen) atoms. The molecule has 3 fully saturated rings. The van der Waals surface area contributed by atoms with Crippen LogP contribution in [0.25, 0.3) is 0 Å². The van der Waals surface area contributed by atoms with Crippen LogP contribution in [-0.2, 0) is 11.2 Å². The van der Waals surface area contributed by atoms with Gasteiger partial charge in [0.1, 0.15) is 0 Å². The lowest BCUT2D eigenvalue weighted by Crippen LogP contribution is -3.18. The first-order valence-corrected chi connectivity index (χ1v) is 8.96. The number of carbonyl (C=O) groups is 1. The zero-order valence-corrected chi connectivity index (χ0v) is 13.3. The van der Waals surface area contributed by atoms with Gasteiger partial charge in [-0.1, -0.05) is 30.3 Å². The maximum absolute atomic E-state index is 12.4. The Labute approximate surface area is 133 Å². The van der Waals surface area contributed by atoms with Gasteiger partial charge in [-0.2, -0.15) is 0 Å². The van der Waals surface area contributed by atoms with Crippen LogP contribution in [0.3, 0.4) is 0 Å². The predicted molar refractivity (Wildman–Crippen MR) is 86.7 cm³/mol. The topological polar surface area (TPSA) is 24.8 Å². The normalized spacial score (nSPS) is 31.6. The summed E-state index contributed by atoms with van der Waals surface area (Å²) in [7, 11) is 0. The summed E-state index contributed by atoms with van der Waals surface area (Å²) in [5, 5.41) is 0. The maximum Gasteiger partial charge on any atom is 0.227 e. The highest BCUT2D eigenvalue weighted by Crippen LogP contribution is 2.43. The minimum absolute atomic E-state index is 0.304. The van der Waals surface area contributed by atoms with Crippen molar-refractivity contribution >= 4 is 5.91 Å². The summed E-state index contributed by atoms with van der Waals surface area (Å²) in [6.07, 6.45) is 6.46. The second-order valence-electron chi connectivity index (χ2n) is 7.48. The third kappa shape index (κ3) is 2.79. The SMILES string of the molecule is O=C(Cc1ccccc1)N1CC[NH+]([C@H]2C[C@H]3CC[C@@H]2C3)CC1. The van der Waals surface area contributed by atoms with E-state index in [0.717, 1.165) is 49.6 Å². The Balaban J connectivity index is 1.29. The number of amides is 1. The highest BCUT2D eigenvalue weighted by atomic mass is 16.2. The van der Waals surface area contributed by atoms with Gasteiger partial charge >= 0.3 is 0 Å². The fourth-order valence-corrected chi connectivity index (χ4v) is 5.04. The molecule has 1 N–H and O–H groups in total. The van der Waals surface area contributed by atoms with E-state index in [-0.39, 0.29) is 0 Å². The molecule has 0 aromatic heterocycles. The Morgan fingerprint density at radius 2 is 1.86 bits per heavy atom. The summed E-state index contributed by atoms with van der Waals surface area (Å²) in [6, 6.07) is 11.0. The van der Waals surface area contributed by atoms with Crippen LogP contribution >= 0.6 is 0 Å². The lowest BCUT2D eigenvalue weighted by Gasteiger charge is -2.38. The first kappa shape index (κ1) is 14.3. The molecule has 118 valence electrons. The fraction of sp³-hybridized carbons (Fsp3) is 0.632. The van der Waals surface area contributed by atoms with Crippen molar-refractivity contribution in [2.75, 3.05) is 26.2 Å². The molecule has 2 saturated carbocycles. The first-order valence-electron chi connectivity index (χ1n) is 8.96. The predicted octanol–water partition coefficient (Wildman–Crippen LogP) is 1.14. The molecule has 1 aliphatic heterocycles. The molecule has 1 heterocycles. The minimum atomic E-state index is 0.304. The van der Waals surface area contributed by atoms with Gasteiger partial charge in [0.15, 0.2) is 0 Å². The van der Waals surface area contributed by atoms with Crippen LogP contribution in [0, 0.1) is 11.8 Å². The number of nitrogens with one attached hydrogen (secondary N) is 1. The Kier molecular flexibility index (Phi) is 3.91. The smallest absolute Gasteiger partial charge is 0.227 e. The van der Waals surface area contributed by atoms with Crippen LogP contribution in [0.15, 0.2) is 30.3 Å². The van der Waals surface area contributed by atoms with Gasteiger partial charge in [-0.25, -0.2) is 0 Å². The lowest BCUT2D eigenvalue weighted by atomic mass is 9.93. The van der Waals surface area contributed by atoms with Crippen LogP contribution < -0.4 is 4.90 Å². The third-order valence-corrected chi connectivity index (χ3v) is 6.22. The molecule has 1 amide bonds. The standard InChI is InChI=1S/C19H26N2O/c22-19(14-15-4-2-1-3-5-15)21-10-8-20(9-11-21)18-13-16-6-7-17(18)12-16/h1-5,16-18H,6-14H2/p+1/t16-,17+,18-/m0/s1. The number of fused-ring (bicyclic) bond motifs is 2. The number of hydrogen-bond acceptors (Lipinski definition) is 1. The van der Waals surface area contributed by atoms with Crippen molar-refractivity contribution in [3.8, 4) is 0 Å². The van der Waals surface area contributed by atoms with Crippen LogP contribution in [0.1, 0.15) is 31.2 Å². The van der Waals surface area contributed by atoms with Gasteiger partial charge in [-0.15, -0.1) is 0 Å². The molecule has 2 aliphatic carbocycles. The lowest BCUT2D eigenvalue weighted by molar-refractivity contribution is -0.932. The number of piperazine rings is 1. The van der Waals surface area contributed by atoms with Gasteiger partial charge in [0, 0.05) is 12.3 Å². The van der Waals surface area contributed by atoms with Crippen molar-refractivity contribution in [3.63, 3.8) is 0 Å². The summed E-state index contributed by atoms with van der Waals surface area (Å²) in [4.78, 5) is 16.3. The molecule has 2 bridgehead atoms. The Hall–Kier alpha value is -1.35. The van der Waals surface area contributed by atoms with Crippen molar-refractivity contribution in [3.05, 3.63) is 35.9 Å². The summed E-state index contributed by atoms with van der Waals surface area (Å²) >= 11 is 0. The van der Waals surface area contributed by atoms with Crippen molar-refractivity contribution in [1.82, 2.24) is 4.90 Å². The number of carbonyl (C=O) groups excluding carboxylic acids is 1. The second-order valence-corrected chi connectivity index (χ2v) is 7.48. The van der Waals surface area contributed by atoms with E-state index in [1.54, 1.807) is 4.90 Å². The number of benzene rings is 1. The summed E-state index contributed by atoms with van der Waals surface area (Å²) in [5.74, 6) is 2.32. The molecule has 0 unspecified atom stereocenters. The van der Waals surface area contributed by atoms with E-state index in [0.29, 0.717) is 12.3 Å². The molecule has 3 atom stereocenters. The van der Waals surface area contributed by atoms with Gasteiger partial charge in [0.25, 0.3) is 0 Å². The molecule has 3 aliphatic rings. The van der Waals surface area contributed by atoms with E-state index in [1.165, 1.54) is 25.7 Å². The van der Waals surface area contributed by atoms with E-state index in [2.05, 4.69) is 17.0 Å². The van der Waals surface area contributed by atoms with Gasteiger partial charge in [0.2, 0.25) is 5.91 Å². The highest BCUT2D eigenvalue weighted by molar-refractivity contribution is 5.78. The van der Waals surface area contributed by atoms with E-state index in [9.17, 15) is 4.79 Å². The molecule has 0 radical (unpaired) electrons. The monoisotopic (exact) mass is 299 g/mol. The summed E-state index contributed by atoms with van der Waals surface area (Å²) < 4.78 is 0. The number of quaternary nitrogens is 1. The Bertz CT molecular complexity index is 521. The van der Waals surface area contributed by atoms with Crippen molar-refractivity contribution < 1.29 is 9.69 Å². The molecule has 1 aromatic carbocycles. The van der Waals surface area contributed by atoms with Crippen LogP contribution in [0.5, 0.6) is 0 Å². The Morgan fingerprint density at radius 1 is 1.09 bits per heavy atom. The molecular formula is C19H27N2O+. The number of hydrogen-bond donors (Lipinski definition) is 1. The molecule has 3 heteroatoms. The highest BCUT2D eigenvalue weighted by Gasteiger charge is 2.45. The summed E-state index contributed by atoms with van der Waals surface area (Å²) in [5.41, 5.74) is 1.13. The van der Waals surface area contributed by atoms with Gasteiger partial charge < -0.3 is 9.80 Å². The van der Waals surface area contributed by atoms with Crippen LogP contribution in [0.2, 0.25) is 0 Å². The van der Waals surface area contributed by atoms with Crippen molar-refractivity contribution in [1.29, 1.82) is 0 Å². The quantitative estimate of drug-likeness (QED) is 0.890. The molecular weight excluding hydrogens is 272 g/mol. The second kappa shape index (κ2) is 6.04. The van der Waals surface area contributed by atoms with E-state index < -0.39 is 0 Å². The average molecular weight is 299 g/mol. The van der Waals surface area contributed by atoms with Gasteiger partial charge in [-0.05, 0) is 30.7 Å². The first-order chi connectivity index (χ1) is 10.8. The van der Waals surface area contributed by atoms with E-state index >= 15 is 0 Å². The summed E-state index contributed by atoms with van der Waals surface area (Å²) in [6.45, 7) is 4.23. The largest absolute Gasteiger partial charge is 0.331 e. The van der Waals surface area contributed by atoms with E-state index in [1.807, 2.05) is 18.2 Å². The minimum Gasteiger partial charge on any atom is -0.331 e. The van der Waals surface area contributed by atoms with Crippen LogP contribution in [0.4, 0.5) is 0 Å². The molecule has 1 saturated heterocycles. The van der Waals surface area contributed by atoms with Gasteiger partial charge in [-0.3, -0.25) is 4.79 Å². The van der Waals surface area contributed by atoms with Crippen molar-refractivity contribution in [2.45, 2.75) is 38.1 Å². The number of nitrogens with zero attached hydrogens (tertiary/aromatic N) is 1. The van der Waals surface area contributed by atoms with E-state index in [4.69, 9.17) is 0 Å². The molecule has 0 spiro atoms. The molecule has 4 rings (SSSR count). The zero-order chi connectivity index (χ0) is 14.9. The molecule has 1 aromatic rings. The van der Waals surface area contributed by atoms with Gasteiger partial charge in [0.05, 0.1) is 38.6 Å². The average Bonchev–Trinajstić information content (AvgIpc) is 3.19. The molecule has 3 nitrogen and oxygen atoms in total. The maximum atomic E-state index is 12.4.